The Kier molecular flexibility index (Phi) is 48.9. The molecule has 0 aromatic heterocycles. The number of rotatable bonds is 47. The third-order valence-corrected chi connectivity index (χ3v) is 11.2. The smallest absolute Gasteiger partial charge is 0.306 e. The number of carbonyl (C=O) groups is 3. The highest BCUT2D eigenvalue weighted by Gasteiger charge is 2.19. The Labute approximate surface area is 389 Å². The van der Waals surface area contributed by atoms with E-state index in [1.165, 1.54) is 116 Å². The summed E-state index contributed by atoms with van der Waals surface area (Å²) in [6, 6.07) is 0. The maximum Gasteiger partial charge on any atom is 0.306 e. The normalized spacial score (nSPS) is 12.6. The van der Waals surface area contributed by atoms with Gasteiger partial charge in [0, 0.05) is 19.3 Å². The zero-order chi connectivity index (χ0) is 45.8. The first-order valence-corrected chi connectivity index (χ1v) is 26.4. The Morgan fingerprint density at radius 3 is 0.984 bits per heavy atom. The van der Waals surface area contributed by atoms with E-state index < -0.39 is 6.10 Å². The number of ether oxygens (including phenoxy) is 3. The minimum atomic E-state index is -0.802. The lowest BCUT2D eigenvalue weighted by Gasteiger charge is -2.18. The van der Waals surface area contributed by atoms with Crippen LogP contribution in [0.25, 0.3) is 0 Å². The standard InChI is InChI=1S/C57H98O6/c1-4-7-10-13-16-19-22-25-27-28-30-32-35-38-41-44-47-50-56(59)62-53-54(52-61-55(58)49-46-43-40-37-34-31-24-21-18-15-12-9-6-3)63-57(60)51-48-45-42-39-36-33-29-26-23-20-17-14-11-8-5-2/h16-17,19-20,25-27,29-30,32,38,41,54H,4-15,18,21-24,28,31,33-37,39-40,42-53H2,1-3H3. The highest BCUT2D eigenvalue weighted by molar-refractivity contribution is 5.71. The number of carbonyl (C=O) groups excluding carboxylic acids is 3. The number of esters is 3. The van der Waals surface area contributed by atoms with Crippen LogP contribution in [-0.2, 0) is 28.6 Å². The van der Waals surface area contributed by atoms with Crippen LogP contribution >= 0.6 is 0 Å². The largest absolute Gasteiger partial charge is 0.462 e. The van der Waals surface area contributed by atoms with Crippen molar-refractivity contribution in [1.82, 2.24) is 0 Å². The number of allylic oxidation sites excluding steroid dienone is 12. The Bertz CT molecular complexity index is 1190. The molecule has 1 atom stereocenters. The second kappa shape index (κ2) is 51.5. The zero-order valence-electron chi connectivity index (χ0n) is 41.3. The van der Waals surface area contributed by atoms with Crippen molar-refractivity contribution < 1.29 is 28.6 Å². The molecule has 0 bridgehead atoms. The molecule has 0 spiro atoms. The first-order chi connectivity index (χ1) is 31.0. The summed E-state index contributed by atoms with van der Waals surface area (Å²) in [5, 5.41) is 0. The molecule has 0 aromatic carbocycles. The van der Waals surface area contributed by atoms with Gasteiger partial charge in [-0.15, -0.1) is 0 Å². The van der Waals surface area contributed by atoms with Gasteiger partial charge in [0.2, 0.25) is 0 Å². The molecule has 0 N–H and O–H groups in total. The topological polar surface area (TPSA) is 78.9 Å². The van der Waals surface area contributed by atoms with Crippen molar-refractivity contribution in [2.75, 3.05) is 13.2 Å². The first-order valence-electron chi connectivity index (χ1n) is 26.4. The highest BCUT2D eigenvalue weighted by atomic mass is 16.6. The molecule has 0 aliphatic heterocycles. The summed E-state index contributed by atoms with van der Waals surface area (Å²) in [4.78, 5) is 38.0. The number of hydrogen-bond acceptors (Lipinski definition) is 6. The Morgan fingerprint density at radius 1 is 0.317 bits per heavy atom. The van der Waals surface area contributed by atoms with Crippen LogP contribution in [0.3, 0.4) is 0 Å². The van der Waals surface area contributed by atoms with Crippen LogP contribution in [0.5, 0.6) is 0 Å². The summed E-state index contributed by atoms with van der Waals surface area (Å²) in [6.45, 7) is 6.53. The van der Waals surface area contributed by atoms with Gasteiger partial charge in [0.1, 0.15) is 13.2 Å². The molecule has 0 heterocycles. The molecule has 0 radical (unpaired) electrons. The van der Waals surface area contributed by atoms with Crippen molar-refractivity contribution >= 4 is 17.9 Å². The van der Waals surface area contributed by atoms with Crippen molar-refractivity contribution in [3.05, 3.63) is 72.9 Å². The number of unbranched alkanes of at least 4 members (excludes halogenated alkanes) is 24. The van der Waals surface area contributed by atoms with Crippen molar-refractivity contribution in [2.45, 2.75) is 258 Å². The summed E-state index contributed by atoms with van der Waals surface area (Å²) >= 11 is 0. The van der Waals surface area contributed by atoms with Crippen LogP contribution < -0.4 is 0 Å². The SMILES string of the molecule is CCCCCC=CCC=CCC=CCC=CCCCC(=O)OCC(COC(=O)CCCCCCCCCCCCCCC)OC(=O)CCCCCCCC=CCC=CCCCCC. The first kappa shape index (κ1) is 59.9. The van der Waals surface area contributed by atoms with Crippen LogP contribution in [-0.4, -0.2) is 37.2 Å². The van der Waals surface area contributed by atoms with Gasteiger partial charge in [-0.2, -0.15) is 0 Å². The van der Waals surface area contributed by atoms with E-state index in [1.807, 2.05) is 0 Å². The van der Waals surface area contributed by atoms with E-state index in [2.05, 4.69) is 93.7 Å². The molecule has 0 saturated heterocycles. The minimum Gasteiger partial charge on any atom is -0.462 e. The third-order valence-electron chi connectivity index (χ3n) is 11.2. The van der Waals surface area contributed by atoms with Crippen LogP contribution in [0, 0.1) is 0 Å². The summed E-state index contributed by atoms with van der Waals surface area (Å²) in [7, 11) is 0. The Morgan fingerprint density at radius 2 is 0.587 bits per heavy atom. The molecule has 0 aliphatic rings. The van der Waals surface area contributed by atoms with E-state index in [-0.39, 0.29) is 37.5 Å². The van der Waals surface area contributed by atoms with Gasteiger partial charge in [0.05, 0.1) is 0 Å². The van der Waals surface area contributed by atoms with Crippen LogP contribution in [0.15, 0.2) is 72.9 Å². The molecule has 63 heavy (non-hydrogen) atoms. The predicted octanol–water partition coefficient (Wildman–Crippen LogP) is 17.4. The van der Waals surface area contributed by atoms with Crippen LogP contribution in [0.2, 0.25) is 0 Å². The molecule has 0 aliphatic carbocycles. The van der Waals surface area contributed by atoms with E-state index >= 15 is 0 Å². The van der Waals surface area contributed by atoms with E-state index in [0.29, 0.717) is 19.3 Å². The van der Waals surface area contributed by atoms with Gasteiger partial charge in [-0.25, -0.2) is 0 Å². The fourth-order valence-electron chi connectivity index (χ4n) is 7.17. The van der Waals surface area contributed by atoms with Crippen molar-refractivity contribution in [2.24, 2.45) is 0 Å². The molecular formula is C57H98O6. The second-order valence-corrected chi connectivity index (χ2v) is 17.4. The second-order valence-electron chi connectivity index (χ2n) is 17.4. The quantitative estimate of drug-likeness (QED) is 0.0262. The minimum absolute atomic E-state index is 0.0965. The fourth-order valence-corrected chi connectivity index (χ4v) is 7.17. The molecule has 0 saturated carbocycles. The lowest BCUT2D eigenvalue weighted by molar-refractivity contribution is -0.167. The molecule has 0 rings (SSSR count). The Balaban J connectivity index is 4.49. The summed E-state index contributed by atoms with van der Waals surface area (Å²) in [5.41, 5.74) is 0. The van der Waals surface area contributed by atoms with Gasteiger partial charge in [-0.05, 0) is 89.9 Å². The lowest BCUT2D eigenvalue weighted by Crippen LogP contribution is -2.30. The third kappa shape index (κ3) is 49.7. The van der Waals surface area contributed by atoms with Crippen LogP contribution in [0.1, 0.15) is 252 Å². The van der Waals surface area contributed by atoms with Crippen molar-refractivity contribution in [3.8, 4) is 0 Å². The van der Waals surface area contributed by atoms with Gasteiger partial charge in [0.25, 0.3) is 0 Å². The molecule has 6 nitrogen and oxygen atoms in total. The predicted molar refractivity (Wildman–Crippen MR) is 270 cm³/mol. The highest BCUT2D eigenvalue weighted by Crippen LogP contribution is 2.14. The van der Waals surface area contributed by atoms with Crippen molar-refractivity contribution in [3.63, 3.8) is 0 Å². The van der Waals surface area contributed by atoms with Gasteiger partial charge in [-0.1, -0.05) is 216 Å². The summed E-state index contributed by atoms with van der Waals surface area (Å²) < 4.78 is 16.8. The molecule has 1 unspecified atom stereocenters. The van der Waals surface area contributed by atoms with E-state index in [9.17, 15) is 14.4 Å². The van der Waals surface area contributed by atoms with Crippen LogP contribution in [0.4, 0.5) is 0 Å². The summed E-state index contributed by atoms with van der Waals surface area (Å²) in [5.74, 6) is -0.966. The van der Waals surface area contributed by atoms with E-state index in [4.69, 9.17) is 14.2 Å². The molecule has 0 fully saturated rings. The maximum atomic E-state index is 12.8. The lowest BCUT2D eigenvalue weighted by atomic mass is 10.0. The maximum absolute atomic E-state index is 12.8. The average Bonchev–Trinajstić information content (AvgIpc) is 3.28. The monoisotopic (exact) mass is 879 g/mol. The zero-order valence-corrected chi connectivity index (χ0v) is 41.3. The molecular weight excluding hydrogens is 781 g/mol. The number of hydrogen-bond donors (Lipinski definition) is 0. The van der Waals surface area contributed by atoms with Gasteiger partial charge in [-0.3, -0.25) is 14.4 Å². The van der Waals surface area contributed by atoms with Crippen molar-refractivity contribution in [1.29, 1.82) is 0 Å². The van der Waals surface area contributed by atoms with E-state index in [0.717, 1.165) is 89.9 Å². The van der Waals surface area contributed by atoms with Gasteiger partial charge >= 0.3 is 17.9 Å². The summed E-state index contributed by atoms with van der Waals surface area (Å²) in [6.07, 6.45) is 64.5. The van der Waals surface area contributed by atoms with Gasteiger partial charge < -0.3 is 14.2 Å². The van der Waals surface area contributed by atoms with Gasteiger partial charge in [0.15, 0.2) is 6.10 Å². The Hall–Kier alpha value is -3.15. The average molecular weight is 879 g/mol. The molecule has 362 valence electrons. The fraction of sp³-hybridized carbons (Fsp3) is 0.737. The molecule has 6 heteroatoms. The molecule has 0 amide bonds. The molecule has 0 aromatic rings. The van der Waals surface area contributed by atoms with E-state index in [1.54, 1.807) is 0 Å².